The van der Waals surface area contributed by atoms with Gasteiger partial charge in [0.05, 0.1) is 17.0 Å². The highest BCUT2D eigenvalue weighted by Gasteiger charge is 2.12. The molecule has 108 valence electrons. The van der Waals surface area contributed by atoms with Gasteiger partial charge in [-0.2, -0.15) is 0 Å². The number of hydrogen-bond donors (Lipinski definition) is 0. The van der Waals surface area contributed by atoms with Crippen LogP contribution in [0.4, 0.5) is 0 Å². The van der Waals surface area contributed by atoms with Gasteiger partial charge in [-0.05, 0) is 18.2 Å². The van der Waals surface area contributed by atoms with Crippen molar-refractivity contribution >= 4 is 43.9 Å². The molecule has 22 heavy (non-hydrogen) atoms. The van der Waals surface area contributed by atoms with Gasteiger partial charge >= 0.3 is 0 Å². The third-order valence-electron chi connectivity index (χ3n) is 3.52. The summed E-state index contributed by atoms with van der Waals surface area (Å²) in [7, 11) is 0. The summed E-state index contributed by atoms with van der Waals surface area (Å²) < 4.78 is 2.46. The summed E-state index contributed by atoms with van der Waals surface area (Å²) >= 11 is 8.00. The molecule has 2 heterocycles. The van der Waals surface area contributed by atoms with Crippen LogP contribution in [-0.2, 0) is 6.54 Å². The smallest absolute Gasteiger partial charge is 0.267 e. The van der Waals surface area contributed by atoms with Gasteiger partial charge in [0.25, 0.3) is 5.56 Å². The Kier molecular flexibility index (Phi) is 3.17. The average Bonchev–Trinajstić information content (AvgIpc) is 2.87. The third kappa shape index (κ3) is 2.10. The molecule has 4 aromatic rings. The minimum atomic E-state index is -0.154. The number of halogens is 1. The number of aromatic nitrogens is 3. The maximum absolute atomic E-state index is 12.5. The van der Waals surface area contributed by atoms with E-state index in [-0.39, 0.29) is 5.56 Å². The van der Waals surface area contributed by atoms with Crippen LogP contribution in [0.2, 0.25) is 5.02 Å². The molecule has 2 aromatic heterocycles. The van der Waals surface area contributed by atoms with E-state index < -0.39 is 0 Å². The highest BCUT2D eigenvalue weighted by molar-refractivity contribution is 7.19. The summed E-state index contributed by atoms with van der Waals surface area (Å²) in [6.07, 6.45) is 0. The lowest BCUT2D eigenvalue weighted by molar-refractivity contribution is 0.606. The van der Waals surface area contributed by atoms with Crippen LogP contribution in [0.15, 0.2) is 53.3 Å². The fourth-order valence-corrected chi connectivity index (χ4v) is 3.90. The lowest BCUT2D eigenvalue weighted by Crippen LogP contribution is -2.24. The van der Waals surface area contributed by atoms with Crippen LogP contribution in [0.3, 0.4) is 0 Å². The molecule has 0 aliphatic rings. The van der Waals surface area contributed by atoms with Crippen molar-refractivity contribution in [3.63, 3.8) is 0 Å². The molecule has 4 nitrogen and oxygen atoms in total. The molecule has 0 radical (unpaired) electrons. The molecule has 0 bridgehead atoms. The van der Waals surface area contributed by atoms with Crippen LogP contribution in [-0.4, -0.2) is 15.0 Å². The van der Waals surface area contributed by atoms with Crippen molar-refractivity contribution in [2.24, 2.45) is 0 Å². The molecule has 0 aliphatic carbocycles. The number of rotatable bonds is 2. The number of fused-ring (bicyclic) bond motifs is 2. The van der Waals surface area contributed by atoms with E-state index in [0.717, 1.165) is 15.0 Å². The summed E-state index contributed by atoms with van der Waals surface area (Å²) in [6, 6.07) is 15.1. The minimum Gasteiger partial charge on any atom is -0.267 e. The van der Waals surface area contributed by atoms with Crippen molar-refractivity contribution in [2.45, 2.75) is 6.54 Å². The van der Waals surface area contributed by atoms with E-state index in [0.29, 0.717) is 22.5 Å². The third-order valence-corrected chi connectivity index (χ3v) is 5.22. The molecule has 0 amide bonds. The van der Waals surface area contributed by atoms with Crippen molar-refractivity contribution < 1.29 is 0 Å². The van der Waals surface area contributed by atoms with Gasteiger partial charge in [0, 0.05) is 15.0 Å². The van der Waals surface area contributed by atoms with Crippen LogP contribution in [0.25, 0.3) is 21.0 Å². The molecule has 0 N–H and O–H groups in total. The highest BCUT2D eigenvalue weighted by Crippen LogP contribution is 2.35. The molecule has 0 atom stereocenters. The fourth-order valence-electron chi connectivity index (χ4n) is 2.43. The zero-order chi connectivity index (χ0) is 15.1. The monoisotopic (exact) mass is 327 g/mol. The molecule has 6 heteroatoms. The summed E-state index contributed by atoms with van der Waals surface area (Å²) in [6.45, 7) is 0.328. The number of hydrogen-bond acceptors (Lipinski definition) is 4. The second-order valence-electron chi connectivity index (χ2n) is 4.90. The van der Waals surface area contributed by atoms with Gasteiger partial charge in [0.15, 0.2) is 0 Å². The van der Waals surface area contributed by atoms with Crippen LogP contribution >= 0.6 is 22.9 Å². The highest BCUT2D eigenvalue weighted by atomic mass is 35.5. The first-order valence-corrected chi connectivity index (χ1v) is 7.92. The maximum atomic E-state index is 12.5. The van der Waals surface area contributed by atoms with Gasteiger partial charge in [0.2, 0.25) is 0 Å². The second-order valence-corrected chi connectivity index (χ2v) is 6.42. The van der Waals surface area contributed by atoms with E-state index in [1.807, 2.05) is 36.4 Å². The SMILES string of the molecule is O=c1c2ccccc2nnn1Cc1sc2ccccc2c1Cl. The number of nitrogens with zero attached hydrogens (tertiary/aromatic N) is 3. The number of benzene rings is 2. The lowest BCUT2D eigenvalue weighted by Gasteiger charge is -2.03. The Bertz CT molecular complexity index is 1050. The molecule has 0 saturated carbocycles. The summed E-state index contributed by atoms with van der Waals surface area (Å²) in [4.78, 5) is 13.4. The molecule has 2 aromatic carbocycles. The molecule has 0 unspecified atom stereocenters. The first kappa shape index (κ1) is 13.4. The van der Waals surface area contributed by atoms with E-state index in [2.05, 4.69) is 10.3 Å². The standard InChI is InChI=1S/C16H10ClN3OS/c17-15-11-6-2-4-8-13(11)22-14(15)9-20-16(21)10-5-1-3-7-12(10)18-19-20/h1-8H,9H2. The van der Waals surface area contributed by atoms with Crippen LogP contribution in [0.5, 0.6) is 0 Å². The van der Waals surface area contributed by atoms with Crippen LogP contribution < -0.4 is 5.56 Å². The van der Waals surface area contributed by atoms with Gasteiger partial charge in [-0.15, -0.1) is 16.4 Å². The van der Waals surface area contributed by atoms with E-state index >= 15 is 0 Å². The van der Waals surface area contributed by atoms with Gasteiger partial charge in [-0.3, -0.25) is 4.79 Å². The molecule has 0 spiro atoms. The Morgan fingerprint density at radius 1 is 1.05 bits per heavy atom. The predicted molar refractivity (Wildman–Crippen MR) is 89.7 cm³/mol. The maximum Gasteiger partial charge on any atom is 0.277 e. The minimum absolute atomic E-state index is 0.154. The normalized spacial score (nSPS) is 11.3. The molecule has 0 aliphatic heterocycles. The Morgan fingerprint density at radius 2 is 1.77 bits per heavy atom. The molecular weight excluding hydrogens is 318 g/mol. The zero-order valence-electron chi connectivity index (χ0n) is 11.4. The Hall–Kier alpha value is -2.24. The Labute approximate surface area is 134 Å². The van der Waals surface area contributed by atoms with E-state index in [9.17, 15) is 4.79 Å². The van der Waals surface area contributed by atoms with Crippen molar-refractivity contribution in [3.8, 4) is 0 Å². The zero-order valence-corrected chi connectivity index (χ0v) is 12.9. The average molecular weight is 328 g/mol. The van der Waals surface area contributed by atoms with E-state index in [4.69, 9.17) is 11.6 Å². The molecule has 0 fully saturated rings. The summed E-state index contributed by atoms with van der Waals surface area (Å²) in [5.74, 6) is 0. The van der Waals surface area contributed by atoms with Crippen molar-refractivity contribution in [1.29, 1.82) is 0 Å². The number of thiophene rings is 1. The van der Waals surface area contributed by atoms with Crippen molar-refractivity contribution in [3.05, 3.63) is 68.8 Å². The first-order chi connectivity index (χ1) is 10.7. The lowest BCUT2D eigenvalue weighted by atomic mass is 10.2. The fraction of sp³-hybridized carbons (Fsp3) is 0.0625. The quantitative estimate of drug-likeness (QED) is 0.564. The molecule has 0 saturated heterocycles. The van der Waals surface area contributed by atoms with Gasteiger partial charge < -0.3 is 0 Å². The molecule has 4 rings (SSSR count). The van der Waals surface area contributed by atoms with Crippen molar-refractivity contribution in [1.82, 2.24) is 15.0 Å². The van der Waals surface area contributed by atoms with Crippen LogP contribution in [0, 0.1) is 0 Å². The second kappa shape index (κ2) is 5.19. The van der Waals surface area contributed by atoms with Gasteiger partial charge in [-0.1, -0.05) is 47.1 Å². The molecular formula is C16H10ClN3OS. The largest absolute Gasteiger partial charge is 0.277 e. The van der Waals surface area contributed by atoms with Gasteiger partial charge in [-0.25, -0.2) is 4.68 Å². The Morgan fingerprint density at radius 3 is 2.59 bits per heavy atom. The predicted octanol–water partition coefficient (Wildman–Crippen LogP) is 3.71. The Balaban J connectivity index is 1.84. The summed E-state index contributed by atoms with van der Waals surface area (Å²) in [5.41, 5.74) is 0.449. The van der Waals surface area contributed by atoms with Crippen LogP contribution in [0.1, 0.15) is 4.88 Å². The van der Waals surface area contributed by atoms with Gasteiger partial charge in [0.1, 0.15) is 5.52 Å². The first-order valence-electron chi connectivity index (χ1n) is 6.72. The summed E-state index contributed by atoms with van der Waals surface area (Å²) in [5, 5.41) is 10.4. The van der Waals surface area contributed by atoms with Crippen molar-refractivity contribution in [2.75, 3.05) is 0 Å². The topological polar surface area (TPSA) is 47.8 Å². The van der Waals surface area contributed by atoms with E-state index in [1.165, 1.54) is 4.68 Å². The van der Waals surface area contributed by atoms with E-state index in [1.54, 1.807) is 23.5 Å².